The van der Waals surface area contributed by atoms with E-state index in [2.05, 4.69) is 71.6 Å². The number of rotatable bonds is 7. The number of nitrogens with one attached hydrogen (secondary N) is 2. The van der Waals surface area contributed by atoms with Crippen LogP contribution in [0, 0.1) is 0 Å². The molecule has 0 aliphatic carbocycles. The third-order valence-corrected chi connectivity index (χ3v) is 6.20. The zero-order chi connectivity index (χ0) is 23.9. The Hall–Kier alpha value is -3.69. The molecule has 0 radical (unpaired) electrons. The van der Waals surface area contributed by atoms with Gasteiger partial charge in [0.2, 0.25) is 17.8 Å². The van der Waals surface area contributed by atoms with E-state index in [9.17, 15) is 0 Å². The maximum absolute atomic E-state index is 5.48. The summed E-state index contributed by atoms with van der Waals surface area (Å²) in [4.78, 5) is 20.8. The van der Waals surface area contributed by atoms with Gasteiger partial charge >= 0.3 is 0 Å². The van der Waals surface area contributed by atoms with E-state index >= 15 is 0 Å². The van der Waals surface area contributed by atoms with Gasteiger partial charge in [0.05, 0.1) is 13.2 Å². The summed E-state index contributed by atoms with van der Waals surface area (Å²) in [6.45, 7) is 7.18. The first-order valence-electron chi connectivity index (χ1n) is 12.1. The van der Waals surface area contributed by atoms with Crippen LogP contribution in [0.5, 0.6) is 0 Å². The smallest absolute Gasteiger partial charge is 0.233 e. The summed E-state index contributed by atoms with van der Waals surface area (Å²) >= 11 is 0. The van der Waals surface area contributed by atoms with E-state index in [0.717, 1.165) is 50.5 Å². The highest BCUT2D eigenvalue weighted by molar-refractivity contribution is 5.59. The Labute approximate surface area is 206 Å². The average Bonchev–Trinajstić information content (AvgIpc) is 2.91. The molecule has 2 aliphatic heterocycles. The lowest BCUT2D eigenvalue weighted by Crippen LogP contribution is -2.44. The summed E-state index contributed by atoms with van der Waals surface area (Å²) in [6, 6.07) is 18.5. The molecule has 9 heteroatoms. The Kier molecular flexibility index (Phi) is 7.35. The minimum absolute atomic E-state index is 0.491. The van der Waals surface area contributed by atoms with E-state index in [1.54, 1.807) is 0 Å². The van der Waals surface area contributed by atoms with Crippen LogP contribution < -0.4 is 20.4 Å². The molecule has 0 saturated carbocycles. The molecule has 35 heavy (non-hydrogen) atoms. The van der Waals surface area contributed by atoms with Gasteiger partial charge in [0.25, 0.3) is 0 Å². The largest absolute Gasteiger partial charge is 0.378 e. The Morgan fingerprint density at radius 3 is 2.23 bits per heavy atom. The highest BCUT2D eigenvalue weighted by Crippen LogP contribution is 2.20. The van der Waals surface area contributed by atoms with Crippen LogP contribution in [0.2, 0.25) is 0 Å². The van der Waals surface area contributed by atoms with Gasteiger partial charge in [0, 0.05) is 56.8 Å². The predicted molar refractivity (Wildman–Crippen MR) is 141 cm³/mol. The Morgan fingerprint density at radius 1 is 0.771 bits per heavy atom. The number of morpholine rings is 1. The van der Waals surface area contributed by atoms with Crippen molar-refractivity contribution in [2.75, 3.05) is 80.0 Å². The second kappa shape index (κ2) is 11.2. The maximum atomic E-state index is 5.48. The van der Waals surface area contributed by atoms with Crippen molar-refractivity contribution < 1.29 is 4.74 Å². The van der Waals surface area contributed by atoms with Gasteiger partial charge in [-0.3, -0.25) is 0 Å². The van der Waals surface area contributed by atoms with E-state index in [4.69, 9.17) is 4.74 Å². The predicted octanol–water partition coefficient (Wildman–Crippen LogP) is 3.29. The van der Waals surface area contributed by atoms with Crippen LogP contribution >= 0.6 is 0 Å². The van der Waals surface area contributed by atoms with Crippen molar-refractivity contribution in [1.82, 2.24) is 19.9 Å². The summed E-state index contributed by atoms with van der Waals surface area (Å²) in [5.41, 5.74) is 3.31. The molecule has 1 aromatic heterocycles. The number of para-hydroxylation sites is 1. The fourth-order valence-electron chi connectivity index (χ4n) is 4.11. The molecule has 0 unspecified atom stereocenters. The van der Waals surface area contributed by atoms with Crippen molar-refractivity contribution in [2.24, 2.45) is 0 Å². The van der Waals surface area contributed by atoms with Crippen LogP contribution in [0.15, 0.2) is 60.8 Å². The normalized spacial score (nSPS) is 17.1. The molecule has 2 N–H and O–H groups in total. The SMILES string of the molecule is CN1CCN(c2ccc(/C=C/Nc3nc(Nc4ccccc4)nc(N4CCOCC4)n3)cc2)CC1. The van der Waals surface area contributed by atoms with Gasteiger partial charge in [-0.05, 0) is 43.0 Å². The third kappa shape index (κ3) is 6.26. The first-order chi connectivity index (χ1) is 17.2. The fraction of sp³-hybridized carbons (Fsp3) is 0.346. The zero-order valence-electron chi connectivity index (χ0n) is 20.1. The van der Waals surface area contributed by atoms with E-state index in [0.29, 0.717) is 31.1 Å². The second-order valence-corrected chi connectivity index (χ2v) is 8.73. The molecule has 0 spiro atoms. The molecule has 0 bridgehead atoms. The van der Waals surface area contributed by atoms with Crippen LogP contribution in [0.4, 0.5) is 29.2 Å². The molecular weight excluding hydrogens is 440 g/mol. The van der Waals surface area contributed by atoms with Gasteiger partial charge in [0.15, 0.2) is 0 Å². The van der Waals surface area contributed by atoms with Crippen molar-refractivity contribution in [3.05, 3.63) is 66.4 Å². The van der Waals surface area contributed by atoms with E-state index in [1.807, 2.05) is 42.6 Å². The molecular formula is C26H32N8O. The summed E-state index contributed by atoms with van der Waals surface area (Å²) in [6.07, 6.45) is 3.89. The molecule has 2 saturated heterocycles. The molecule has 0 amide bonds. The Balaban J connectivity index is 1.28. The lowest BCUT2D eigenvalue weighted by Gasteiger charge is -2.34. The number of likely N-dealkylation sites (N-methyl/N-ethyl adjacent to an activating group) is 1. The molecule has 2 fully saturated rings. The minimum Gasteiger partial charge on any atom is -0.378 e. The molecule has 2 aromatic carbocycles. The third-order valence-electron chi connectivity index (χ3n) is 6.20. The van der Waals surface area contributed by atoms with E-state index < -0.39 is 0 Å². The Morgan fingerprint density at radius 2 is 1.49 bits per heavy atom. The lowest BCUT2D eigenvalue weighted by atomic mass is 10.2. The fourth-order valence-corrected chi connectivity index (χ4v) is 4.11. The highest BCUT2D eigenvalue weighted by atomic mass is 16.5. The number of hydrogen-bond acceptors (Lipinski definition) is 9. The van der Waals surface area contributed by atoms with Crippen LogP contribution in [0.1, 0.15) is 5.56 Å². The van der Waals surface area contributed by atoms with Crippen molar-refractivity contribution in [2.45, 2.75) is 0 Å². The number of piperazine rings is 1. The summed E-state index contributed by atoms with van der Waals surface area (Å²) in [7, 11) is 2.18. The molecule has 182 valence electrons. The van der Waals surface area contributed by atoms with Crippen LogP contribution in [0.3, 0.4) is 0 Å². The summed E-state index contributed by atoms with van der Waals surface area (Å²) in [5.74, 6) is 1.62. The Bertz CT molecular complexity index is 1110. The number of hydrogen-bond donors (Lipinski definition) is 2. The van der Waals surface area contributed by atoms with Crippen molar-refractivity contribution in [1.29, 1.82) is 0 Å². The van der Waals surface area contributed by atoms with Crippen LogP contribution in [-0.4, -0.2) is 79.4 Å². The molecule has 0 atom stereocenters. The monoisotopic (exact) mass is 472 g/mol. The standard InChI is InChI=1S/C26H32N8O/c1-32-13-15-33(16-14-32)23-9-7-21(8-10-23)11-12-27-24-29-25(28-22-5-3-2-4-6-22)31-26(30-24)34-17-19-35-20-18-34/h2-12H,13-20H2,1H3,(H2,27,28,29,30,31)/b12-11+. The minimum atomic E-state index is 0.491. The highest BCUT2D eigenvalue weighted by Gasteiger charge is 2.17. The molecule has 9 nitrogen and oxygen atoms in total. The second-order valence-electron chi connectivity index (χ2n) is 8.73. The van der Waals surface area contributed by atoms with Crippen molar-refractivity contribution >= 4 is 35.3 Å². The maximum Gasteiger partial charge on any atom is 0.233 e. The number of ether oxygens (including phenoxy) is 1. The summed E-state index contributed by atoms with van der Waals surface area (Å²) in [5, 5.41) is 6.51. The van der Waals surface area contributed by atoms with Gasteiger partial charge in [-0.1, -0.05) is 30.3 Å². The molecule has 5 rings (SSSR count). The van der Waals surface area contributed by atoms with E-state index in [1.165, 1.54) is 5.69 Å². The zero-order valence-corrected chi connectivity index (χ0v) is 20.1. The lowest BCUT2D eigenvalue weighted by molar-refractivity contribution is 0.122. The number of benzene rings is 2. The van der Waals surface area contributed by atoms with Crippen molar-refractivity contribution in [3.8, 4) is 0 Å². The average molecular weight is 473 g/mol. The quantitative estimate of drug-likeness (QED) is 0.538. The first-order valence-corrected chi connectivity index (χ1v) is 12.1. The van der Waals surface area contributed by atoms with Gasteiger partial charge in [-0.2, -0.15) is 15.0 Å². The number of nitrogens with zero attached hydrogens (tertiary/aromatic N) is 6. The van der Waals surface area contributed by atoms with Gasteiger partial charge in [-0.15, -0.1) is 0 Å². The van der Waals surface area contributed by atoms with Crippen LogP contribution in [-0.2, 0) is 4.74 Å². The topological polar surface area (TPSA) is 81.7 Å². The van der Waals surface area contributed by atoms with E-state index in [-0.39, 0.29) is 0 Å². The van der Waals surface area contributed by atoms with Crippen molar-refractivity contribution in [3.63, 3.8) is 0 Å². The summed E-state index contributed by atoms with van der Waals surface area (Å²) < 4.78 is 5.48. The van der Waals surface area contributed by atoms with Gasteiger partial charge in [-0.25, -0.2) is 0 Å². The van der Waals surface area contributed by atoms with Gasteiger partial charge in [0.1, 0.15) is 0 Å². The first kappa shape index (κ1) is 23.1. The molecule has 3 heterocycles. The number of anilines is 5. The van der Waals surface area contributed by atoms with Crippen LogP contribution in [0.25, 0.3) is 6.08 Å². The number of aromatic nitrogens is 3. The van der Waals surface area contributed by atoms with Gasteiger partial charge < -0.3 is 30.1 Å². The molecule has 3 aromatic rings. The molecule has 2 aliphatic rings.